The lowest BCUT2D eigenvalue weighted by molar-refractivity contribution is 0.144. The Morgan fingerprint density at radius 1 is 1.03 bits per heavy atom. The van der Waals surface area contributed by atoms with E-state index in [4.69, 9.17) is 9.47 Å². The van der Waals surface area contributed by atoms with E-state index < -0.39 is 6.09 Å². The van der Waals surface area contributed by atoms with Crippen LogP contribution in [-0.4, -0.2) is 31.5 Å². The lowest BCUT2D eigenvalue weighted by atomic mass is 9.98. The number of benzene rings is 3. The van der Waals surface area contributed by atoms with E-state index in [1.807, 2.05) is 24.3 Å². The van der Waals surface area contributed by atoms with E-state index in [0.29, 0.717) is 11.3 Å². The fourth-order valence-corrected chi connectivity index (χ4v) is 3.68. The number of carbonyl (C=O) groups is 1. The Morgan fingerprint density at radius 3 is 2.33 bits per heavy atom. The molecule has 0 spiro atoms. The largest absolute Gasteiger partial charge is 0.504 e. The van der Waals surface area contributed by atoms with Crippen molar-refractivity contribution in [2.24, 2.45) is 0 Å². The van der Waals surface area contributed by atoms with Crippen LogP contribution in [0.25, 0.3) is 11.1 Å². The second kappa shape index (κ2) is 8.62. The molecule has 1 aliphatic carbocycles. The second-order valence-corrected chi connectivity index (χ2v) is 6.87. The molecule has 0 bridgehead atoms. The maximum Gasteiger partial charge on any atom is 0.407 e. The van der Waals surface area contributed by atoms with Gasteiger partial charge in [0.1, 0.15) is 6.61 Å². The van der Waals surface area contributed by atoms with E-state index >= 15 is 0 Å². The van der Waals surface area contributed by atoms with Gasteiger partial charge in [0.05, 0.1) is 13.7 Å². The average molecular weight is 399 g/mol. The number of rotatable bonds is 4. The summed E-state index contributed by atoms with van der Waals surface area (Å²) in [5.41, 5.74) is 5.35. The zero-order valence-electron chi connectivity index (χ0n) is 16.5. The molecule has 0 saturated carbocycles. The number of alkyl carbamates (subject to hydrolysis) is 1. The molecule has 0 aromatic heterocycles. The van der Waals surface area contributed by atoms with E-state index in [1.54, 1.807) is 12.1 Å². The third-order valence-electron chi connectivity index (χ3n) is 5.08. The molecule has 5 heteroatoms. The molecule has 0 radical (unpaired) electrons. The average Bonchev–Trinajstić information content (AvgIpc) is 3.09. The van der Waals surface area contributed by atoms with E-state index in [0.717, 1.165) is 0 Å². The third kappa shape index (κ3) is 3.94. The highest BCUT2D eigenvalue weighted by molar-refractivity contribution is 5.79. The van der Waals surface area contributed by atoms with Gasteiger partial charge < -0.3 is 19.9 Å². The minimum Gasteiger partial charge on any atom is -0.504 e. The summed E-state index contributed by atoms with van der Waals surface area (Å²) < 4.78 is 10.5. The van der Waals surface area contributed by atoms with Crippen LogP contribution in [0.15, 0.2) is 66.7 Å². The molecule has 3 aromatic carbocycles. The summed E-state index contributed by atoms with van der Waals surface area (Å²) in [7, 11) is 1.48. The van der Waals surface area contributed by atoms with Crippen LogP contribution in [0.2, 0.25) is 0 Å². The molecule has 150 valence electrons. The second-order valence-electron chi connectivity index (χ2n) is 6.87. The lowest BCUT2D eigenvalue weighted by Gasteiger charge is -2.14. The van der Waals surface area contributed by atoms with E-state index in [9.17, 15) is 9.90 Å². The van der Waals surface area contributed by atoms with Crippen LogP contribution in [0.4, 0.5) is 4.79 Å². The Kier molecular flexibility index (Phi) is 5.58. The SMILES string of the molecule is COc1ccc(C#CCNC(=O)OCC2c3ccccc3-c3ccccc32)cc1O. The van der Waals surface area contributed by atoms with E-state index in [2.05, 4.69) is 41.4 Å². The van der Waals surface area contributed by atoms with E-state index in [1.165, 1.54) is 35.4 Å². The summed E-state index contributed by atoms with van der Waals surface area (Å²) in [6, 6.07) is 21.3. The van der Waals surface area contributed by atoms with Crippen LogP contribution in [0.5, 0.6) is 11.5 Å². The number of aromatic hydroxyl groups is 1. The van der Waals surface area contributed by atoms with Crippen LogP contribution in [0, 0.1) is 11.8 Å². The standard InChI is InChI=1S/C25H21NO4/c1-29-24-13-12-17(15-23(24)27)7-6-14-26-25(28)30-16-22-20-10-4-2-8-18(20)19-9-3-5-11-21(19)22/h2-5,8-13,15,22,27H,14,16H2,1H3,(H,26,28). The summed E-state index contributed by atoms with van der Waals surface area (Å²) in [5, 5.41) is 12.4. The highest BCUT2D eigenvalue weighted by Gasteiger charge is 2.28. The Balaban J connectivity index is 1.33. The molecule has 0 saturated heterocycles. The van der Waals surface area contributed by atoms with Crippen molar-refractivity contribution < 1.29 is 19.4 Å². The molecule has 1 aliphatic rings. The monoisotopic (exact) mass is 399 g/mol. The first-order valence-electron chi connectivity index (χ1n) is 9.62. The molecule has 4 rings (SSSR count). The van der Waals surface area contributed by atoms with Gasteiger partial charge in [-0.15, -0.1) is 0 Å². The van der Waals surface area contributed by atoms with E-state index in [-0.39, 0.29) is 24.8 Å². The molecule has 30 heavy (non-hydrogen) atoms. The summed E-state index contributed by atoms with van der Waals surface area (Å²) in [4.78, 5) is 12.1. The van der Waals surface area contributed by atoms with Crippen molar-refractivity contribution in [1.82, 2.24) is 5.32 Å². The quantitative estimate of drug-likeness (QED) is 0.642. The minimum atomic E-state index is -0.510. The normalized spacial score (nSPS) is 11.6. The van der Waals surface area contributed by atoms with Crippen molar-refractivity contribution in [3.8, 4) is 34.5 Å². The molecular weight excluding hydrogens is 378 g/mol. The van der Waals surface area contributed by atoms with Crippen LogP contribution >= 0.6 is 0 Å². The van der Waals surface area contributed by atoms with Gasteiger partial charge in [-0.1, -0.05) is 60.4 Å². The molecule has 0 atom stereocenters. The van der Waals surface area contributed by atoms with Crippen molar-refractivity contribution >= 4 is 6.09 Å². The Hall–Kier alpha value is -3.91. The third-order valence-corrected chi connectivity index (χ3v) is 5.08. The molecule has 2 N–H and O–H groups in total. The molecule has 0 fully saturated rings. The van der Waals surface area contributed by atoms with Crippen LogP contribution in [-0.2, 0) is 4.74 Å². The van der Waals surface area contributed by atoms with Crippen molar-refractivity contribution in [2.75, 3.05) is 20.3 Å². The number of phenolic OH excluding ortho intramolecular Hbond substituents is 1. The van der Waals surface area contributed by atoms with Gasteiger partial charge in [-0.3, -0.25) is 0 Å². The first kappa shape index (κ1) is 19.4. The smallest absolute Gasteiger partial charge is 0.407 e. The number of amides is 1. The summed E-state index contributed by atoms with van der Waals surface area (Å²) in [6.45, 7) is 0.406. The molecular formula is C25H21NO4. The predicted molar refractivity (Wildman–Crippen MR) is 115 cm³/mol. The number of hydrogen-bond acceptors (Lipinski definition) is 4. The number of fused-ring (bicyclic) bond motifs is 3. The van der Waals surface area contributed by atoms with Gasteiger partial charge in [0.15, 0.2) is 11.5 Å². The molecule has 5 nitrogen and oxygen atoms in total. The van der Waals surface area contributed by atoms with Gasteiger partial charge in [0, 0.05) is 11.5 Å². The highest BCUT2D eigenvalue weighted by atomic mass is 16.5. The van der Waals surface area contributed by atoms with Crippen LogP contribution in [0.1, 0.15) is 22.6 Å². The fourth-order valence-electron chi connectivity index (χ4n) is 3.68. The van der Waals surface area contributed by atoms with Crippen molar-refractivity contribution in [3.05, 3.63) is 83.4 Å². The number of hydrogen-bond donors (Lipinski definition) is 2. The van der Waals surface area contributed by atoms with Crippen LogP contribution in [0.3, 0.4) is 0 Å². The maximum atomic E-state index is 12.1. The first-order valence-corrected chi connectivity index (χ1v) is 9.62. The molecule has 0 heterocycles. The number of carbonyl (C=O) groups excluding carboxylic acids is 1. The Morgan fingerprint density at radius 2 is 1.70 bits per heavy atom. The molecule has 1 amide bonds. The zero-order chi connectivity index (χ0) is 20.9. The van der Waals surface area contributed by atoms with Gasteiger partial charge in [-0.05, 0) is 40.5 Å². The molecule has 0 aliphatic heterocycles. The predicted octanol–water partition coefficient (Wildman–Crippen LogP) is 4.29. The summed E-state index contributed by atoms with van der Waals surface area (Å²) in [5.74, 6) is 6.16. The molecule has 0 unspecified atom stereocenters. The van der Waals surface area contributed by atoms with Crippen LogP contribution < -0.4 is 10.1 Å². The fraction of sp³-hybridized carbons (Fsp3) is 0.160. The number of ether oxygens (including phenoxy) is 2. The minimum absolute atomic E-state index is 0.0220. The number of methoxy groups -OCH3 is 1. The van der Waals surface area contributed by atoms with Gasteiger partial charge >= 0.3 is 6.09 Å². The topological polar surface area (TPSA) is 67.8 Å². The summed E-state index contributed by atoms with van der Waals surface area (Å²) >= 11 is 0. The van der Waals surface area contributed by atoms with Crippen molar-refractivity contribution in [2.45, 2.75) is 5.92 Å². The van der Waals surface area contributed by atoms with Crippen molar-refractivity contribution in [1.29, 1.82) is 0 Å². The lowest BCUT2D eigenvalue weighted by Crippen LogP contribution is -2.26. The first-order chi connectivity index (χ1) is 14.7. The maximum absolute atomic E-state index is 12.1. The Labute approximate surface area is 175 Å². The summed E-state index contributed by atoms with van der Waals surface area (Å²) in [6.07, 6.45) is -0.510. The van der Waals surface area contributed by atoms with Gasteiger partial charge in [0.25, 0.3) is 0 Å². The Bertz CT molecular complexity index is 1100. The van der Waals surface area contributed by atoms with Crippen molar-refractivity contribution in [3.63, 3.8) is 0 Å². The molecule has 3 aromatic rings. The van der Waals surface area contributed by atoms with Gasteiger partial charge in [0.2, 0.25) is 0 Å². The van der Waals surface area contributed by atoms with Gasteiger partial charge in [-0.2, -0.15) is 0 Å². The number of phenols is 1. The van der Waals surface area contributed by atoms with Gasteiger partial charge in [-0.25, -0.2) is 4.79 Å². The number of nitrogens with one attached hydrogen (secondary N) is 1. The highest BCUT2D eigenvalue weighted by Crippen LogP contribution is 2.44. The zero-order valence-corrected chi connectivity index (χ0v) is 16.5.